The number of piperidine rings is 1. The van der Waals surface area contributed by atoms with Crippen LogP contribution in [0.25, 0.3) is 0 Å². The predicted molar refractivity (Wildman–Crippen MR) is 108 cm³/mol. The van der Waals surface area contributed by atoms with Crippen LogP contribution in [-0.2, 0) is 10.0 Å². The van der Waals surface area contributed by atoms with Crippen molar-refractivity contribution in [3.05, 3.63) is 59.1 Å². The highest BCUT2D eigenvalue weighted by Gasteiger charge is 2.25. The van der Waals surface area contributed by atoms with E-state index in [1.165, 1.54) is 23.5 Å². The number of nitrogens with zero attached hydrogens (tertiary/aromatic N) is 2. The fraction of sp³-hybridized carbons (Fsp3) is 0.350. The van der Waals surface area contributed by atoms with Gasteiger partial charge in [0.2, 0.25) is 0 Å². The van der Waals surface area contributed by atoms with E-state index in [1.54, 1.807) is 36.4 Å². The van der Waals surface area contributed by atoms with Gasteiger partial charge in [0.15, 0.2) is 0 Å². The van der Waals surface area contributed by atoms with Gasteiger partial charge in [-0.2, -0.15) is 0 Å². The van der Waals surface area contributed by atoms with E-state index in [-0.39, 0.29) is 10.8 Å². The maximum Gasteiger partial charge on any atom is 0.264 e. The molecule has 1 amide bonds. The van der Waals surface area contributed by atoms with Crippen LogP contribution in [0.2, 0.25) is 5.02 Å². The zero-order chi connectivity index (χ0) is 19.6. The zero-order valence-electron chi connectivity index (χ0n) is 15.4. The van der Waals surface area contributed by atoms with Crippen molar-refractivity contribution < 1.29 is 13.2 Å². The van der Waals surface area contributed by atoms with Gasteiger partial charge in [-0.25, -0.2) is 8.42 Å². The quantitative estimate of drug-likeness (QED) is 0.769. The molecule has 3 rings (SSSR count). The molecule has 1 heterocycles. The Morgan fingerprint density at radius 3 is 2.56 bits per heavy atom. The molecule has 5 nitrogen and oxygen atoms in total. The summed E-state index contributed by atoms with van der Waals surface area (Å²) < 4.78 is 26.9. The van der Waals surface area contributed by atoms with Gasteiger partial charge in [-0.1, -0.05) is 24.6 Å². The summed E-state index contributed by atoms with van der Waals surface area (Å²) in [6.45, 7) is 3.62. The number of sulfonamides is 1. The third kappa shape index (κ3) is 4.28. The second-order valence-corrected chi connectivity index (χ2v) is 9.38. The first kappa shape index (κ1) is 19.7. The van der Waals surface area contributed by atoms with Crippen LogP contribution in [-0.4, -0.2) is 39.4 Å². The highest BCUT2D eigenvalue weighted by atomic mass is 35.5. The highest BCUT2D eigenvalue weighted by molar-refractivity contribution is 7.92. The molecule has 0 saturated carbocycles. The van der Waals surface area contributed by atoms with Crippen molar-refractivity contribution >= 4 is 33.2 Å². The molecule has 7 heteroatoms. The first-order valence-electron chi connectivity index (χ1n) is 8.93. The minimum Gasteiger partial charge on any atom is -0.338 e. The van der Waals surface area contributed by atoms with Crippen molar-refractivity contribution in [2.75, 3.05) is 24.4 Å². The summed E-state index contributed by atoms with van der Waals surface area (Å²) in [7, 11) is -2.25. The monoisotopic (exact) mass is 406 g/mol. The number of benzene rings is 2. The summed E-state index contributed by atoms with van der Waals surface area (Å²) in [6.07, 6.45) is 2.13. The molecule has 2 aromatic rings. The van der Waals surface area contributed by atoms with Gasteiger partial charge in [0.25, 0.3) is 15.9 Å². The van der Waals surface area contributed by atoms with Gasteiger partial charge in [-0.3, -0.25) is 9.10 Å². The van der Waals surface area contributed by atoms with E-state index in [9.17, 15) is 13.2 Å². The van der Waals surface area contributed by atoms with Crippen LogP contribution >= 0.6 is 11.6 Å². The molecule has 0 aromatic heterocycles. The molecular formula is C20H23ClN2O3S. The minimum absolute atomic E-state index is 0.0549. The van der Waals surface area contributed by atoms with Crippen LogP contribution in [0.1, 0.15) is 30.1 Å². The topological polar surface area (TPSA) is 57.7 Å². The first-order chi connectivity index (χ1) is 12.8. The minimum atomic E-state index is -3.74. The van der Waals surface area contributed by atoms with E-state index in [1.807, 2.05) is 4.90 Å². The van der Waals surface area contributed by atoms with Gasteiger partial charge in [0.05, 0.1) is 10.6 Å². The van der Waals surface area contributed by atoms with Gasteiger partial charge in [0.1, 0.15) is 0 Å². The molecule has 1 saturated heterocycles. The van der Waals surface area contributed by atoms with Crippen LogP contribution in [0.4, 0.5) is 5.69 Å². The molecule has 1 atom stereocenters. The molecular weight excluding hydrogens is 384 g/mol. The van der Waals surface area contributed by atoms with E-state index in [2.05, 4.69) is 6.92 Å². The molecule has 0 N–H and O–H groups in total. The van der Waals surface area contributed by atoms with Crippen LogP contribution in [0.5, 0.6) is 0 Å². The number of hydrogen-bond donors (Lipinski definition) is 0. The zero-order valence-corrected chi connectivity index (χ0v) is 17.0. The van der Waals surface area contributed by atoms with Gasteiger partial charge in [0, 0.05) is 30.7 Å². The van der Waals surface area contributed by atoms with Crippen molar-refractivity contribution in [3.63, 3.8) is 0 Å². The summed E-state index contributed by atoms with van der Waals surface area (Å²) in [4.78, 5) is 14.8. The molecule has 144 valence electrons. The molecule has 1 aliphatic rings. The number of halogens is 1. The molecule has 0 radical (unpaired) electrons. The van der Waals surface area contributed by atoms with Crippen molar-refractivity contribution in [2.45, 2.75) is 24.7 Å². The van der Waals surface area contributed by atoms with E-state index < -0.39 is 10.0 Å². The summed E-state index contributed by atoms with van der Waals surface area (Å²) in [5, 5.41) is 0.472. The Kier molecular flexibility index (Phi) is 5.77. The Morgan fingerprint density at radius 2 is 1.89 bits per heavy atom. The summed E-state index contributed by atoms with van der Waals surface area (Å²) in [6, 6.07) is 12.8. The van der Waals surface area contributed by atoms with Gasteiger partial charge in [-0.15, -0.1) is 0 Å². The largest absolute Gasteiger partial charge is 0.338 e. The molecule has 1 unspecified atom stereocenters. The Bertz CT molecular complexity index is 928. The lowest BCUT2D eigenvalue weighted by Gasteiger charge is -2.31. The smallest absolute Gasteiger partial charge is 0.264 e. The fourth-order valence-corrected chi connectivity index (χ4v) is 4.61. The fourth-order valence-electron chi connectivity index (χ4n) is 3.29. The Balaban J connectivity index is 1.86. The first-order valence-corrected chi connectivity index (χ1v) is 10.7. The average Bonchev–Trinajstić information content (AvgIpc) is 2.67. The molecule has 2 aromatic carbocycles. The van der Waals surface area contributed by atoms with E-state index in [0.29, 0.717) is 22.2 Å². The number of rotatable bonds is 4. The number of carbonyl (C=O) groups excluding carboxylic acids is 1. The van der Waals surface area contributed by atoms with Crippen molar-refractivity contribution in [3.8, 4) is 0 Å². The second kappa shape index (κ2) is 7.90. The second-order valence-electron chi connectivity index (χ2n) is 6.98. The van der Waals surface area contributed by atoms with Gasteiger partial charge >= 0.3 is 0 Å². The lowest BCUT2D eigenvalue weighted by molar-refractivity contribution is 0.0683. The SMILES string of the molecule is CC1CCCN(C(=O)c2cccc(N(C)S(=O)(=O)c3ccc(Cl)cc3)c2)C1. The lowest BCUT2D eigenvalue weighted by Crippen LogP contribution is -2.39. The van der Waals surface area contributed by atoms with Gasteiger partial charge < -0.3 is 4.90 Å². The Labute approximate surface area is 165 Å². The molecule has 27 heavy (non-hydrogen) atoms. The number of hydrogen-bond acceptors (Lipinski definition) is 3. The van der Waals surface area contributed by atoms with Crippen molar-refractivity contribution in [2.24, 2.45) is 5.92 Å². The van der Waals surface area contributed by atoms with Crippen LogP contribution in [0.15, 0.2) is 53.4 Å². The molecule has 0 bridgehead atoms. The average molecular weight is 407 g/mol. The Morgan fingerprint density at radius 1 is 1.19 bits per heavy atom. The number of anilines is 1. The van der Waals surface area contributed by atoms with Crippen LogP contribution in [0.3, 0.4) is 0 Å². The molecule has 1 fully saturated rings. The van der Waals surface area contributed by atoms with Gasteiger partial charge in [-0.05, 0) is 61.2 Å². The molecule has 1 aliphatic heterocycles. The van der Waals surface area contributed by atoms with E-state index in [0.717, 1.165) is 25.9 Å². The summed E-state index contributed by atoms with van der Waals surface area (Å²) >= 11 is 5.85. The van der Waals surface area contributed by atoms with Crippen LogP contribution < -0.4 is 4.31 Å². The summed E-state index contributed by atoms with van der Waals surface area (Å²) in [5.74, 6) is 0.430. The third-order valence-corrected chi connectivity index (χ3v) is 6.92. The predicted octanol–water partition coefficient (Wildman–Crippen LogP) is 4.04. The number of likely N-dealkylation sites (tertiary alicyclic amines) is 1. The van der Waals surface area contributed by atoms with Crippen LogP contribution in [0, 0.1) is 5.92 Å². The Hall–Kier alpha value is -2.05. The van der Waals surface area contributed by atoms with Crippen molar-refractivity contribution in [1.82, 2.24) is 4.90 Å². The highest BCUT2D eigenvalue weighted by Crippen LogP contribution is 2.25. The van der Waals surface area contributed by atoms with E-state index >= 15 is 0 Å². The standard InChI is InChI=1S/C20H23ClN2O3S/c1-15-5-4-12-23(14-15)20(24)16-6-3-7-18(13-16)22(2)27(25,26)19-10-8-17(21)9-11-19/h3,6-11,13,15H,4-5,12,14H2,1-2H3. The molecule has 0 aliphatic carbocycles. The number of carbonyl (C=O) groups is 1. The molecule has 0 spiro atoms. The van der Waals surface area contributed by atoms with Crippen molar-refractivity contribution in [1.29, 1.82) is 0 Å². The maximum atomic E-state index is 12.9. The normalized spacial score (nSPS) is 17.6. The maximum absolute atomic E-state index is 12.9. The number of amides is 1. The summed E-state index contributed by atoms with van der Waals surface area (Å²) in [5.41, 5.74) is 0.945. The lowest BCUT2D eigenvalue weighted by atomic mass is 9.99. The third-order valence-electron chi connectivity index (χ3n) is 4.87. The van der Waals surface area contributed by atoms with E-state index in [4.69, 9.17) is 11.6 Å².